The zero-order chi connectivity index (χ0) is 14.1. The summed E-state index contributed by atoms with van der Waals surface area (Å²) in [6.07, 6.45) is 9.19. The fourth-order valence-electron chi connectivity index (χ4n) is 3.12. The van der Waals surface area contributed by atoms with Crippen LogP contribution in [0.5, 0.6) is 0 Å². The van der Waals surface area contributed by atoms with Crippen LogP contribution in [0.25, 0.3) is 0 Å². The number of rotatable bonds is 7. The second-order valence-electron chi connectivity index (χ2n) is 6.73. The molecular weight excluding hydrogens is 236 g/mol. The predicted octanol–water partition coefficient (Wildman–Crippen LogP) is 2.78. The summed E-state index contributed by atoms with van der Waals surface area (Å²) in [5.74, 6) is 0. The topological polar surface area (TPSA) is 35.5 Å². The van der Waals surface area contributed by atoms with Crippen LogP contribution in [0.1, 0.15) is 65.7 Å². The van der Waals surface area contributed by atoms with Gasteiger partial charge in [-0.3, -0.25) is 0 Å². The molecule has 3 nitrogen and oxygen atoms in total. The van der Waals surface area contributed by atoms with E-state index in [2.05, 4.69) is 31.0 Å². The summed E-state index contributed by atoms with van der Waals surface area (Å²) in [5, 5.41) is 13.1. The van der Waals surface area contributed by atoms with Gasteiger partial charge in [0.05, 0.1) is 6.61 Å². The molecule has 0 radical (unpaired) electrons. The first kappa shape index (κ1) is 16.9. The smallest absolute Gasteiger partial charge is 0.0610 e. The highest BCUT2D eigenvalue weighted by Gasteiger charge is 2.23. The van der Waals surface area contributed by atoms with Crippen molar-refractivity contribution in [3.63, 3.8) is 0 Å². The van der Waals surface area contributed by atoms with Gasteiger partial charge < -0.3 is 15.3 Å². The van der Waals surface area contributed by atoms with Gasteiger partial charge in [-0.1, -0.05) is 33.1 Å². The Morgan fingerprint density at radius 2 is 1.68 bits per heavy atom. The molecule has 0 saturated carbocycles. The van der Waals surface area contributed by atoms with Gasteiger partial charge in [0.15, 0.2) is 0 Å². The van der Waals surface area contributed by atoms with Crippen molar-refractivity contribution in [2.75, 3.05) is 26.2 Å². The predicted molar refractivity (Wildman–Crippen MR) is 82.5 cm³/mol. The van der Waals surface area contributed by atoms with Crippen molar-refractivity contribution >= 4 is 0 Å². The summed E-state index contributed by atoms with van der Waals surface area (Å²) in [6, 6.07) is 0.429. The van der Waals surface area contributed by atoms with Crippen molar-refractivity contribution in [1.29, 1.82) is 0 Å². The van der Waals surface area contributed by atoms with Crippen LogP contribution in [-0.4, -0.2) is 47.8 Å². The Hall–Kier alpha value is -0.120. The molecule has 0 aromatic heterocycles. The Kier molecular flexibility index (Phi) is 7.96. The molecule has 0 aromatic rings. The molecule has 0 spiro atoms. The second-order valence-corrected chi connectivity index (χ2v) is 6.73. The zero-order valence-electron chi connectivity index (χ0n) is 13.2. The van der Waals surface area contributed by atoms with Crippen molar-refractivity contribution in [2.45, 2.75) is 77.3 Å². The van der Waals surface area contributed by atoms with Crippen molar-refractivity contribution in [3.8, 4) is 0 Å². The van der Waals surface area contributed by atoms with E-state index >= 15 is 0 Å². The average Bonchev–Trinajstić information content (AvgIpc) is 2.31. The van der Waals surface area contributed by atoms with E-state index in [0.717, 1.165) is 6.42 Å². The number of hydrogen-bond donors (Lipinski definition) is 2. The summed E-state index contributed by atoms with van der Waals surface area (Å²) < 4.78 is 0. The lowest BCUT2D eigenvalue weighted by molar-refractivity contribution is 0.146. The third-order valence-electron chi connectivity index (χ3n) is 4.14. The summed E-state index contributed by atoms with van der Waals surface area (Å²) in [4.78, 5) is 2.62. The van der Waals surface area contributed by atoms with Gasteiger partial charge in [0.1, 0.15) is 0 Å². The third-order valence-corrected chi connectivity index (χ3v) is 4.14. The van der Waals surface area contributed by atoms with Crippen molar-refractivity contribution in [1.82, 2.24) is 10.2 Å². The van der Waals surface area contributed by atoms with Gasteiger partial charge in [-0.25, -0.2) is 0 Å². The fourth-order valence-corrected chi connectivity index (χ4v) is 3.12. The Labute approximate surface area is 119 Å². The quantitative estimate of drug-likeness (QED) is 0.747. The van der Waals surface area contributed by atoms with Crippen LogP contribution in [0.2, 0.25) is 0 Å². The minimum atomic E-state index is -0.114. The molecule has 1 heterocycles. The molecule has 19 heavy (non-hydrogen) atoms. The minimum absolute atomic E-state index is 0.114. The molecule has 3 heteroatoms. The first-order chi connectivity index (χ1) is 9.06. The summed E-state index contributed by atoms with van der Waals surface area (Å²) in [5.41, 5.74) is -0.114. The van der Waals surface area contributed by atoms with Gasteiger partial charge in [0, 0.05) is 11.6 Å². The highest BCUT2D eigenvalue weighted by molar-refractivity contribution is 4.84. The van der Waals surface area contributed by atoms with E-state index in [4.69, 9.17) is 0 Å². The molecule has 1 aliphatic heterocycles. The number of aliphatic hydroxyl groups is 1. The molecular formula is C16H34N2O. The molecule has 1 atom stereocenters. The van der Waals surface area contributed by atoms with Crippen LogP contribution < -0.4 is 5.32 Å². The Morgan fingerprint density at radius 3 is 2.21 bits per heavy atom. The summed E-state index contributed by atoms with van der Waals surface area (Å²) in [6.45, 7) is 10.4. The van der Waals surface area contributed by atoms with Gasteiger partial charge in [-0.05, 0) is 52.2 Å². The zero-order valence-corrected chi connectivity index (χ0v) is 13.2. The molecule has 0 amide bonds. The third kappa shape index (κ3) is 7.28. The van der Waals surface area contributed by atoms with Crippen LogP contribution in [0.3, 0.4) is 0 Å². The average molecular weight is 270 g/mol. The van der Waals surface area contributed by atoms with E-state index in [9.17, 15) is 5.11 Å². The van der Waals surface area contributed by atoms with E-state index in [1.807, 2.05) is 0 Å². The highest BCUT2D eigenvalue weighted by atomic mass is 16.3. The standard InChI is InChI=1S/C16H34N2O/c1-15(2)17-16(3,14-19)10-9-13-18-11-7-5-4-6-8-12-18/h15,17,19H,4-14H2,1-3H3. The van der Waals surface area contributed by atoms with E-state index in [1.165, 1.54) is 58.2 Å². The highest BCUT2D eigenvalue weighted by Crippen LogP contribution is 2.15. The van der Waals surface area contributed by atoms with Crippen LogP contribution in [-0.2, 0) is 0 Å². The number of aliphatic hydroxyl groups excluding tert-OH is 1. The molecule has 1 rings (SSSR count). The molecule has 1 aliphatic rings. The first-order valence-electron chi connectivity index (χ1n) is 8.17. The van der Waals surface area contributed by atoms with Crippen LogP contribution in [0, 0.1) is 0 Å². The van der Waals surface area contributed by atoms with E-state index < -0.39 is 0 Å². The van der Waals surface area contributed by atoms with Gasteiger partial charge in [-0.15, -0.1) is 0 Å². The molecule has 1 saturated heterocycles. The minimum Gasteiger partial charge on any atom is -0.394 e. The Morgan fingerprint density at radius 1 is 1.11 bits per heavy atom. The largest absolute Gasteiger partial charge is 0.394 e. The van der Waals surface area contributed by atoms with Crippen molar-refractivity contribution in [2.24, 2.45) is 0 Å². The summed E-state index contributed by atoms with van der Waals surface area (Å²) in [7, 11) is 0. The maximum Gasteiger partial charge on any atom is 0.0610 e. The molecule has 114 valence electrons. The molecule has 1 fully saturated rings. The lowest BCUT2D eigenvalue weighted by atomic mass is 9.95. The Balaban J connectivity index is 2.26. The SMILES string of the molecule is CC(C)NC(C)(CO)CCCN1CCCCCCC1. The molecule has 0 bridgehead atoms. The normalized spacial score (nSPS) is 21.9. The van der Waals surface area contributed by atoms with Gasteiger partial charge >= 0.3 is 0 Å². The maximum atomic E-state index is 9.58. The van der Waals surface area contributed by atoms with Gasteiger partial charge in [0.25, 0.3) is 0 Å². The Bertz CT molecular complexity index is 225. The lowest BCUT2D eigenvalue weighted by Crippen LogP contribution is -2.49. The van der Waals surface area contributed by atoms with Crippen LogP contribution >= 0.6 is 0 Å². The van der Waals surface area contributed by atoms with Crippen molar-refractivity contribution < 1.29 is 5.11 Å². The number of hydrogen-bond acceptors (Lipinski definition) is 3. The van der Waals surface area contributed by atoms with E-state index in [1.54, 1.807) is 0 Å². The van der Waals surface area contributed by atoms with E-state index in [-0.39, 0.29) is 12.1 Å². The van der Waals surface area contributed by atoms with Crippen LogP contribution in [0.15, 0.2) is 0 Å². The second kappa shape index (κ2) is 8.93. The van der Waals surface area contributed by atoms with Crippen LogP contribution in [0.4, 0.5) is 0 Å². The van der Waals surface area contributed by atoms with Crippen molar-refractivity contribution in [3.05, 3.63) is 0 Å². The lowest BCUT2D eigenvalue weighted by Gasteiger charge is -2.32. The maximum absolute atomic E-state index is 9.58. The van der Waals surface area contributed by atoms with E-state index in [0.29, 0.717) is 6.04 Å². The molecule has 0 aromatic carbocycles. The molecule has 1 unspecified atom stereocenters. The van der Waals surface area contributed by atoms with Gasteiger partial charge in [0.2, 0.25) is 0 Å². The fraction of sp³-hybridized carbons (Fsp3) is 1.00. The molecule has 2 N–H and O–H groups in total. The monoisotopic (exact) mass is 270 g/mol. The number of nitrogens with one attached hydrogen (secondary N) is 1. The first-order valence-corrected chi connectivity index (χ1v) is 8.17. The van der Waals surface area contributed by atoms with Gasteiger partial charge in [-0.2, -0.15) is 0 Å². The number of nitrogens with zero attached hydrogens (tertiary/aromatic N) is 1. The summed E-state index contributed by atoms with van der Waals surface area (Å²) >= 11 is 0. The number of likely N-dealkylation sites (tertiary alicyclic amines) is 1. The molecule has 0 aliphatic carbocycles.